The van der Waals surface area contributed by atoms with Gasteiger partial charge in [-0.15, -0.1) is 0 Å². The van der Waals surface area contributed by atoms with E-state index in [2.05, 4.69) is 12.2 Å². The molecule has 1 fully saturated rings. The molecule has 0 amide bonds. The van der Waals surface area contributed by atoms with Gasteiger partial charge in [-0.1, -0.05) is 19.8 Å². The summed E-state index contributed by atoms with van der Waals surface area (Å²) in [6, 6.07) is 0. The van der Waals surface area contributed by atoms with Crippen molar-refractivity contribution in [1.29, 1.82) is 0 Å². The molecule has 3 nitrogen and oxygen atoms in total. The van der Waals surface area contributed by atoms with Crippen LogP contribution in [-0.2, 0) is 9.47 Å². The Hall–Kier alpha value is -0.120. The summed E-state index contributed by atoms with van der Waals surface area (Å²) in [5.41, 5.74) is 0.0605. The molecule has 0 bridgehead atoms. The van der Waals surface area contributed by atoms with E-state index in [1.165, 1.54) is 25.7 Å². The highest BCUT2D eigenvalue weighted by Gasteiger charge is 2.35. The van der Waals surface area contributed by atoms with Gasteiger partial charge in [-0.25, -0.2) is 0 Å². The van der Waals surface area contributed by atoms with Gasteiger partial charge in [-0.05, 0) is 25.8 Å². The van der Waals surface area contributed by atoms with E-state index < -0.39 is 0 Å². The number of methoxy groups -OCH3 is 1. The molecule has 1 aliphatic carbocycles. The second-order valence-electron chi connectivity index (χ2n) is 4.76. The van der Waals surface area contributed by atoms with Crippen LogP contribution >= 0.6 is 0 Å². The molecular weight excluding hydrogens is 190 g/mol. The lowest BCUT2D eigenvalue weighted by Crippen LogP contribution is -2.46. The highest BCUT2D eigenvalue weighted by atomic mass is 16.5. The van der Waals surface area contributed by atoms with E-state index in [4.69, 9.17) is 9.47 Å². The van der Waals surface area contributed by atoms with Gasteiger partial charge in [0.1, 0.15) is 0 Å². The maximum Gasteiger partial charge on any atom is 0.0809 e. The van der Waals surface area contributed by atoms with E-state index in [-0.39, 0.29) is 5.60 Å². The summed E-state index contributed by atoms with van der Waals surface area (Å²) >= 11 is 0. The van der Waals surface area contributed by atoms with E-state index >= 15 is 0 Å². The molecule has 3 heteroatoms. The Morgan fingerprint density at radius 2 is 2.20 bits per heavy atom. The van der Waals surface area contributed by atoms with Gasteiger partial charge in [0, 0.05) is 13.7 Å². The molecule has 0 radical (unpaired) electrons. The molecule has 1 saturated carbocycles. The summed E-state index contributed by atoms with van der Waals surface area (Å²) in [5, 5.41) is 3.26. The lowest BCUT2D eigenvalue weighted by atomic mass is 9.78. The molecule has 0 aromatic heterocycles. The zero-order valence-electron chi connectivity index (χ0n) is 10.3. The monoisotopic (exact) mass is 215 g/mol. The molecule has 0 spiro atoms. The number of rotatable bonds is 6. The van der Waals surface area contributed by atoms with Crippen LogP contribution < -0.4 is 5.32 Å². The predicted octanol–water partition coefficient (Wildman–Crippen LogP) is 1.82. The summed E-state index contributed by atoms with van der Waals surface area (Å²) in [5.74, 6) is 0.787. The Labute approximate surface area is 93.5 Å². The number of nitrogens with one attached hydrogen (secondary N) is 1. The fourth-order valence-corrected chi connectivity index (χ4v) is 2.62. The maximum absolute atomic E-state index is 6.03. The highest BCUT2D eigenvalue weighted by molar-refractivity contribution is 4.88. The second-order valence-corrected chi connectivity index (χ2v) is 4.76. The van der Waals surface area contributed by atoms with Crippen molar-refractivity contribution in [3.8, 4) is 0 Å². The predicted molar refractivity (Wildman–Crippen MR) is 62.1 cm³/mol. The van der Waals surface area contributed by atoms with E-state index in [0.29, 0.717) is 13.2 Å². The van der Waals surface area contributed by atoms with Gasteiger partial charge >= 0.3 is 0 Å². The third-order valence-corrected chi connectivity index (χ3v) is 3.24. The minimum Gasteiger partial charge on any atom is -0.382 e. The molecule has 2 unspecified atom stereocenters. The largest absolute Gasteiger partial charge is 0.382 e. The minimum atomic E-state index is 0.0605. The van der Waals surface area contributed by atoms with Crippen LogP contribution in [-0.4, -0.2) is 39.5 Å². The van der Waals surface area contributed by atoms with Crippen molar-refractivity contribution in [3.05, 3.63) is 0 Å². The number of ether oxygens (including phenoxy) is 2. The van der Waals surface area contributed by atoms with Crippen molar-refractivity contribution in [1.82, 2.24) is 5.32 Å². The van der Waals surface area contributed by atoms with Crippen LogP contribution in [0.15, 0.2) is 0 Å². The Kier molecular flexibility index (Phi) is 5.58. The van der Waals surface area contributed by atoms with Crippen LogP contribution in [0.1, 0.15) is 32.6 Å². The summed E-state index contributed by atoms with van der Waals surface area (Å²) in [6.45, 7) is 4.69. The SMILES string of the molecule is CNCC1(OCCOC)CCCC(C)C1. The second kappa shape index (κ2) is 6.46. The van der Waals surface area contributed by atoms with E-state index in [1.807, 2.05) is 7.05 Å². The molecule has 1 rings (SSSR count). The van der Waals surface area contributed by atoms with Gasteiger partial charge < -0.3 is 14.8 Å². The number of hydrogen-bond acceptors (Lipinski definition) is 3. The van der Waals surface area contributed by atoms with E-state index in [0.717, 1.165) is 12.5 Å². The van der Waals surface area contributed by atoms with Crippen LogP contribution in [0.4, 0.5) is 0 Å². The first-order valence-corrected chi connectivity index (χ1v) is 6.00. The Bertz CT molecular complexity index is 171. The van der Waals surface area contributed by atoms with Crippen LogP contribution in [0.25, 0.3) is 0 Å². The van der Waals surface area contributed by atoms with Gasteiger partial charge in [0.05, 0.1) is 18.8 Å². The van der Waals surface area contributed by atoms with Crippen molar-refractivity contribution in [2.75, 3.05) is 33.9 Å². The molecular formula is C12H25NO2. The lowest BCUT2D eigenvalue weighted by Gasteiger charge is -2.40. The van der Waals surface area contributed by atoms with Gasteiger partial charge in [-0.2, -0.15) is 0 Å². The topological polar surface area (TPSA) is 30.5 Å². The number of likely N-dealkylation sites (N-methyl/N-ethyl adjacent to an activating group) is 1. The Morgan fingerprint density at radius 3 is 2.80 bits per heavy atom. The first-order chi connectivity index (χ1) is 7.22. The molecule has 0 aliphatic heterocycles. The molecule has 15 heavy (non-hydrogen) atoms. The third-order valence-electron chi connectivity index (χ3n) is 3.24. The van der Waals surface area contributed by atoms with Crippen molar-refractivity contribution in [3.63, 3.8) is 0 Å². The summed E-state index contributed by atoms with van der Waals surface area (Å²) in [4.78, 5) is 0. The lowest BCUT2D eigenvalue weighted by molar-refractivity contribution is -0.0909. The summed E-state index contributed by atoms with van der Waals surface area (Å²) in [7, 11) is 3.72. The van der Waals surface area contributed by atoms with Gasteiger partial charge in [0.15, 0.2) is 0 Å². The molecule has 1 N–H and O–H groups in total. The first kappa shape index (κ1) is 12.9. The molecule has 0 aromatic rings. The van der Waals surface area contributed by atoms with Crippen molar-refractivity contribution < 1.29 is 9.47 Å². The van der Waals surface area contributed by atoms with E-state index in [1.54, 1.807) is 7.11 Å². The molecule has 90 valence electrons. The molecule has 0 heterocycles. The number of hydrogen-bond donors (Lipinski definition) is 1. The van der Waals surface area contributed by atoms with Crippen molar-refractivity contribution in [2.24, 2.45) is 5.92 Å². The summed E-state index contributed by atoms with van der Waals surface area (Å²) in [6.07, 6.45) is 4.99. The van der Waals surface area contributed by atoms with Crippen molar-refractivity contribution in [2.45, 2.75) is 38.2 Å². The smallest absolute Gasteiger partial charge is 0.0809 e. The summed E-state index contributed by atoms with van der Waals surface area (Å²) < 4.78 is 11.1. The zero-order valence-corrected chi connectivity index (χ0v) is 10.3. The van der Waals surface area contributed by atoms with Gasteiger partial charge in [0.25, 0.3) is 0 Å². The third kappa shape index (κ3) is 4.09. The fraction of sp³-hybridized carbons (Fsp3) is 1.00. The average molecular weight is 215 g/mol. The van der Waals surface area contributed by atoms with Crippen LogP contribution in [0.5, 0.6) is 0 Å². The zero-order chi connectivity index (χ0) is 11.1. The van der Waals surface area contributed by atoms with Crippen LogP contribution in [0, 0.1) is 5.92 Å². The van der Waals surface area contributed by atoms with Gasteiger partial charge in [0.2, 0.25) is 0 Å². The highest BCUT2D eigenvalue weighted by Crippen LogP contribution is 2.34. The van der Waals surface area contributed by atoms with E-state index in [9.17, 15) is 0 Å². The molecule has 0 saturated heterocycles. The fourth-order valence-electron chi connectivity index (χ4n) is 2.62. The average Bonchev–Trinajstić information content (AvgIpc) is 2.18. The van der Waals surface area contributed by atoms with Gasteiger partial charge in [-0.3, -0.25) is 0 Å². The maximum atomic E-state index is 6.03. The molecule has 1 aliphatic rings. The normalized spacial score (nSPS) is 31.8. The molecule has 2 atom stereocenters. The quantitative estimate of drug-likeness (QED) is 0.686. The van der Waals surface area contributed by atoms with Crippen molar-refractivity contribution >= 4 is 0 Å². The Balaban J connectivity index is 2.44. The van der Waals surface area contributed by atoms with Crippen LogP contribution in [0.2, 0.25) is 0 Å². The molecule has 0 aromatic carbocycles. The standard InChI is InChI=1S/C12H25NO2/c1-11-5-4-6-12(9-11,10-13-2)15-8-7-14-3/h11,13H,4-10H2,1-3H3. The first-order valence-electron chi connectivity index (χ1n) is 6.00. The Morgan fingerprint density at radius 1 is 1.40 bits per heavy atom. The minimum absolute atomic E-state index is 0.0605. The van der Waals surface area contributed by atoms with Crippen LogP contribution in [0.3, 0.4) is 0 Å².